The minimum absolute atomic E-state index is 0.223. The van der Waals surface area contributed by atoms with Crippen LogP contribution in [0.3, 0.4) is 0 Å². The first-order valence-corrected chi connectivity index (χ1v) is 10.3. The number of benzene rings is 1. The smallest absolute Gasteiger partial charge is 0.308 e. The van der Waals surface area contributed by atoms with E-state index in [9.17, 15) is 14.4 Å². The molecule has 1 atom stereocenters. The van der Waals surface area contributed by atoms with E-state index in [-0.39, 0.29) is 12.2 Å². The van der Waals surface area contributed by atoms with Crippen LogP contribution < -0.4 is 11.1 Å². The van der Waals surface area contributed by atoms with E-state index in [4.69, 9.17) is 22.1 Å². The van der Waals surface area contributed by atoms with Crippen molar-refractivity contribution >= 4 is 45.6 Å². The number of halogens is 1. The van der Waals surface area contributed by atoms with E-state index >= 15 is 0 Å². The maximum atomic E-state index is 13.0. The molecule has 3 N–H and O–H groups in total. The first-order valence-electron chi connectivity index (χ1n) is 9.07. The molecule has 156 valence electrons. The minimum atomic E-state index is -1.09. The van der Waals surface area contributed by atoms with Crippen LogP contribution in [-0.4, -0.2) is 29.3 Å². The molecule has 0 radical (unpaired) electrons. The van der Waals surface area contributed by atoms with Crippen LogP contribution in [0.2, 0.25) is 5.02 Å². The Labute approximate surface area is 179 Å². The van der Waals surface area contributed by atoms with Crippen LogP contribution in [-0.2, 0) is 14.3 Å². The third-order valence-electron chi connectivity index (χ3n) is 4.10. The quantitative estimate of drug-likeness (QED) is 0.521. The highest BCUT2D eigenvalue weighted by Gasteiger charge is 2.26. The van der Waals surface area contributed by atoms with E-state index in [1.807, 2.05) is 13.8 Å². The average Bonchev–Trinajstić information content (AvgIpc) is 2.87. The summed E-state index contributed by atoms with van der Waals surface area (Å²) in [5, 5.41) is 3.64. The van der Waals surface area contributed by atoms with E-state index in [1.54, 1.807) is 45.0 Å². The Morgan fingerprint density at radius 2 is 1.76 bits per heavy atom. The van der Waals surface area contributed by atoms with E-state index in [2.05, 4.69) is 5.32 Å². The molecule has 0 aliphatic heterocycles. The molecule has 8 heteroatoms. The maximum Gasteiger partial charge on any atom is 0.308 e. The Morgan fingerprint density at radius 1 is 1.17 bits per heavy atom. The highest BCUT2D eigenvalue weighted by molar-refractivity contribution is 7.16. The number of aryl methyl sites for hydroxylation is 1. The second-order valence-electron chi connectivity index (χ2n) is 7.71. The fraction of sp³-hybridized carbons (Fsp3) is 0.381. The monoisotopic (exact) mass is 436 g/mol. The summed E-state index contributed by atoms with van der Waals surface area (Å²) in [5.41, 5.74) is 6.87. The molecule has 0 aliphatic carbocycles. The summed E-state index contributed by atoms with van der Waals surface area (Å²) < 4.78 is 5.20. The van der Waals surface area contributed by atoms with Gasteiger partial charge in [0, 0.05) is 15.5 Å². The maximum absolute atomic E-state index is 13.0. The number of rotatable bonds is 6. The van der Waals surface area contributed by atoms with Gasteiger partial charge in [0.1, 0.15) is 10.6 Å². The highest BCUT2D eigenvalue weighted by Crippen LogP contribution is 2.34. The third kappa shape index (κ3) is 6.13. The van der Waals surface area contributed by atoms with Crippen LogP contribution in [0.1, 0.15) is 53.6 Å². The van der Waals surface area contributed by atoms with Crippen LogP contribution in [0.4, 0.5) is 5.00 Å². The molecule has 1 aromatic heterocycles. The molecule has 29 heavy (non-hydrogen) atoms. The van der Waals surface area contributed by atoms with Gasteiger partial charge in [-0.25, -0.2) is 0 Å². The molecule has 2 aromatic rings. The standard InChI is InChI=1S/C21H25ClN2O4S/c1-11-12(2)29-20(17(11)18(26)13-6-8-14(22)9-7-13)24-19(27)15(23)10-16(25)28-21(3,4)5/h6-9,15H,10,23H2,1-5H3,(H,24,27)/t15-/m1/s1. The Hall–Kier alpha value is -2.22. The molecule has 0 fully saturated rings. The molecule has 0 aliphatic rings. The summed E-state index contributed by atoms with van der Waals surface area (Å²) in [6.07, 6.45) is -0.257. The molecule has 1 aromatic carbocycles. The topological polar surface area (TPSA) is 98.5 Å². The molecule has 0 bridgehead atoms. The number of amides is 1. The normalized spacial score (nSPS) is 12.4. The molecule has 1 heterocycles. The van der Waals surface area contributed by atoms with E-state index < -0.39 is 23.5 Å². The molecular weight excluding hydrogens is 412 g/mol. The van der Waals surface area contributed by atoms with Crippen molar-refractivity contribution in [3.63, 3.8) is 0 Å². The van der Waals surface area contributed by atoms with Gasteiger partial charge in [-0.15, -0.1) is 11.3 Å². The number of thiophene rings is 1. The lowest BCUT2D eigenvalue weighted by Gasteiger charge is -2.20. The first-order chi connectivity index (χ1) is 13.4. The van der Waals surface area contributed by atoms with Crippen LogP contribution in [0.5, 0.6) is 0 Å². The zero-order valence-electron chi connectivity index (χ0n) is 17.1. The molecular formula is C21H25ClN2O4S. The number of hydrogen-bond acceptors (Lipinski definition) is 6. The summed E-state index contributed by atoms with van der Waals surface area (Å²) in [6.45, 7) is 8.91. The van der Waals surface area contributed by atoms with Crippen molar-refractivity contribution in [1.82, 2.24) is 0 Å². The fourth-order valence-corrected chi connectivity index (χ4v) is 3.78. The Bertz CT molecular complexity index is 929. The second-order valence-corrected chi connectivity index (χ2v) is 9.37. The van der Waals surface area contributed by atoms with Crippen LogP contribution in [0, 0.1) is 13.8 Å². The van der Waals surface area contributed by atoms with Gasteiger partial charge in [0.05, 0.1) is 18.0 Å². The van der Waals surface area contributed by atoms with Gasteiger partial charge in [0.2, 0.25) is 5.91 Å². The molecule has 2 rings (SSSR count). The first kappa shape index (κ1) is 23.1. The van der Waals surface area contributed by atoms with Crippen molar-refractivity contribution in [1.29, 1.82) is 0 Å². The highest BCUT2D eigenvalue weighted by atomic mass is 35.5. The second kappa shape index (κ2) is 9.07. The van der Waals surface area contributed by atoms with Crippen molar-refractivity contribution in [2.24, 2.45) is 5.73 Å². The van der Waals surface area contributed by atoms with Crippen molar-refractivity contribution in [2.45, 2.75) is 52.7 Å². The lowest BCUT2D eigenvalue weighted by Crippen LogP contribution is -2.39. The van der Waals surface area contributed by atoms with Gasteiger partial charge in [-0.3, -0.25) is 14.4 Å². The van der Waals surface area contributed by atoms with Crippen LogP contribution >= 0.6 is 22.9 Å². The SMILES string of the molecule is Cc1sc(NC(=O)[C@H](N)CC(=O)OC(C)(C)C)c(C(=O)c2ccc(Cl)cc2)c1C. The number of carbonyl (C=O) groups excluding carboxylic acids is 3. The summed E-state index contributed by atoms with van der Waals surface area (Å²) in [5.74, 6) is -1.34. The Balaban J connectivity index is 2.20. The Morgan fingerprint density at radius 3 is 2.31 bits per heavy atom. The number of anilines is 1. The number of hydrogen-bond donors (Lipinski definition) is 2. The number of ketones is 1. The molecule has 0 unspecified atom stereocenters. The van der Waals surface area contributed by atoms with Gasteiger partial charge >= 0.3 is 5.97 Å². The predicted molar refractivity (Wildman–Crippen MR) is 116 cm³/mol. The van der Waals surface area contributed by atoms with Crippen molar-refractivity contribution in [2.75, 3.05) is 5.32 Å². The van der Waals surface area contributed by atoms with Gasteiger partial charge in [-0.05, 0) is 64.4 Å². The van der Waals surface area contributed by atoms with Crippen molar-refractivity contribution in [3.8, 4) is 0 Å². The van der Waals surface area contributed by atoms with Crippen molar-refractivity contribution < 1.29 is 19.1 Å². The van der Waals surface area contributed by atoms with E-state index in [0.29, 0.717) is 21.2 Å². The Kier molecular flexibility index (Phi) is 7.21. The lowest BCUT2D eigenvalue weighted by atomic mass is 10.0. The lowest BCUT2D eigenvalue weighted by molar-refractivity contribution is -0.155. The zero-order valence-corrected chi connectivity index (χ0v) is 18.7. The molecule has 0 spiro atoms. The minimum Gasteiger partial charge on any atom is -0.460 e. The van der Waals surface area contributed by atoms with Gasteiger partial charge < -0.3 is 15.8 Å². The van der Waals surface area contributed by atoms with Crippen LogP contribution in [0.25, 0.3) is 0 Å². The van der Waals surface area contributed by atoms with Crippen LogP contribution in [0.15, 0.2) is 24.3 Å². The van der Waals surface area contributed by atoms with Gasteiger partial charge in [0.15, 0.2) is 5.78 Å². The number of nitrogens with two attached hydrogens (primary N) is 1. The third-order valence-corrected chi connectivity index (χ3v) is 5.47. The molecule has 0 saturated heterocycles. The summed E-state index contributed by atoms with van der Waals surface area (Å²) >= 11 is 7.19. The molecule has 6 nitrogen and oxygen atoms in total. The molecule has 1 amide bonds. The van der Waals surface area contributed by atoms with Crippen molar-refractivity contribution in [3.05, 3.63) is 50.9 Å². The van der Waals surface area contributed by atoms with Gasteiger partial charge in [-0.1, -0.05) is 11.6 Å². The summed E-state index contributed by atoms with van der Waals surface area (Å²) in [6, 6.07) is 5.45. The number of nitrogens with one attached hydrogen (secondary N) is 1. The summed E-state index contributed by atoms with van der Waals surface area (Å²) in [7, 11) is 0. The number of carbonyl (C=O) groups is 3. The summed E-state index contributed by atoms with van der Waals surface area (Å²) in [4.78, 5) is 38.4. The predicted octanol–water partition coefficient (Wildman–Crippen LogP) is 4.25. The van der Waals surface area contributed by atoms with Gasteiger partial charge in [-0.2, -0.15) is 0 Å². The molecule has 0 saturated carbocycles. The van der Waals surface area contributed by atoms with E-state index in [0.717, 1.165) is 10.4 Å². The zero-order chi connectivity index (χ0) is 21.9. The van der Waals surface area contributed by atoms with Gasteiger partial charge in [0.25, 0.3) is 0 Å². The largest absolute Gasteiger partial charge is 0.460 e. The number of esters is 1. The average molecular weight is 437 g/mol. The fourth-order valence-electron chi connectivity index (χ4n) is 2.59. The van der Waals surface area contributed by atoms with E-state index in [1.165, 1.54) is 11.3 Å². The number of ether oxygens (including phenoxy) is 1.